The van der Waals surface area contributed by atoms with Crippen molar-refractivity contribution >= 4 is 0 Å². The van der Waals surface area contributed by atoms with Crippen LogP contribution in [0, 0.1) is 0 Å². The number of benzene rings is 1. The molecule has 4 heteroatoms. The van der Waals surface area contributed by atoms with Gasteiger partial charge in [0.2, 0.25) is 0 Å². The molecule has 0 heterocycles. The first-order valence-electron chi connectivity index (χ1n) is 6.87. The first-order chi connectivity index (χ1) is 9.19. The fourth-order valence-corrected chi connectivity index (χ4v) is 1.82. The maximum absolute atomic E-state index is 5.88. The van der Waals surface area contributed by atoms with Crippen molar-refractivity contribution in [2.75, 3.05) is 34.4 Å². The Balaban J connectivity index is 1.97. The standard InChI is InChI=1S/C15H24N2O2/c1-17(2)8-9-19-15-10-14(18-3)7-4-12(15)11-16-13-5-6-13/h4,7,10,13,16H,5-6,8-9,11H2,1-3H3. The molecular weight excluding hydrogens is 240 g/mol. The minimum atomic E-state index is 0.691. The highest BCUT2D eigenvalue weighted by Crippen LogP contribution is 2.26. The van der Waals surface area contributed by atoms with Gasteiger partial charge < -0.3 is 19.7 Å². The quantitative estimate of drug-likeness (QED) is 0.777. The Morgan fingerprint density at radius 3 is 2.74 bits per heavy atom. The smallest absolute Gasteiger partial charge is 0.127 e. The molecule has 1 saturated carbocycles. The predicted octanol–water partition coefficient (Wildman–Crippen LogP) is 1.89. The third kappa shape index (κ3) is 4.73. The van der Waals surface area contributed by atoms with Gasteiger partial charge in [-0.15, -0.1) is 0 Å². The van der Waals surface area contributed by atoms with Crippen molar-refractivity contribution in [3.05, 3.63) is 23.8 Å². The zero-order chi connectivity index (χ0) is 13.7. The number of nitrogens with zero attached hydrogens (tertiary/aromatic N) is 1. The molecule has 0 aliphatic heterocycles. The fraction of sp³-hybridized carbons (Fsp3) is 0.600. The molecule has 0 atom stereocenters. The van der Waals surface area contributed by atoms with Gasteiger partial charge in [-0.25, -0.2) is 0 Å². The summed E-state index contributed by atoms with van der Waals surface area (Å²) in [7, 11) is 5.77. The molecule has 0 bridgehead atoms. The van der Waals surface area contributed by atoms with Gasteiger partial charge in [0.1, 0.15) is 18.1 Å². The lowest BCUT2D eigenvalue weighted by atomic mass is 10.2. The van der Waals surface area contributed by atoms with Gasteiger partial charge in [-0.1, -0.05) is 6.07 Å². The van der Waals surface area contributed by atoms with E-state index in [0.717, 1.165) is 24.6 Å². The SMILES string of the molecule is COc1ccc(CNC2CC2)c(OCCN(C)C)c1. The van der Waals surface area contributed by atoms with E-state index in [1.165, 1.54) is 18.4 Å². The third-order valence-corrected chi connectivity index (χ3v) is 3.23. The second-order valence-corrected chi connectivity index (χ2v) is 5.28. The van der Waals surface area contributed by atoms with E-state index in [-0.39, 0.29) is 0 Å². The molecule has 19 heavy (non-hydrogen) atoms. The lowest BCUT2D eigenvalue weighted by Crippen LogP contribution is -2.20. The van der Waals surface area contributed by atoms with Crippen LogP contribution in [0.2, 0.25) is 0 Å². The lowest BCUT2D eigenvalue weighted by molar-refractivity contribution is 0.258. The number of hydrogen-bond acceptors (Lipinski definition) is 4. The van der Waals surface area contributed by atoms with Crippen LogP contribution >= 0.6 is 0 Å². The monoisotopic (exact) mass is 264 g/mol. The summed E-state index contributed by atoms with van der Waals surface area (Å²) in [6.45, 7) is 2.47. The zero-order valence-corrected chi connectivity index (χ0v) is 12.1. The van der Waals surface area contributed by atoms with Crippen molar-refractivity contribution in [3.8, 4) is 11.5 Å². The maximum atomic E-state index is 5.88. The Morgan fingerprint density at radius 1 is 1.32 bits per heavy atom. The number of likely N-dealkylation sites (N-methyl/N-ethyl adjacent to an activating group) is 1. The van der Waals surface area contributed by atoms with Crippen molar-refractivity contribution in [3.63, 3.8) is 0 Å². The highest BCUT2D eigenvalue weighted by Gasteiger charge is 2.20. The predicted molar refractivity (Wildman–Crippen MR) is 76.9 cm³/mol. The Hall–Kier alpha value is -1.26. The molecule has 1 aromatic rings. The van der Waals surface area contributed by atoms with Crippen LogP contribution < -0.4 is 14.8 Å². The molecule has 1 aromatic carbocycles. The molecule has 106 valence electrons. The number of nitrogens with one attached hydrogen (secondary N) is 1. The number of ether oxygens (including phenoxy) is 2. The summed E-state index contributed by atoms with van der Waals surface area (Å²) in [5.74, 6) is 1.77. The van der Waals surface area contributed by atoms with E-state index in [9.17, 15) is 0 Å². The van der Waals surface area contributed by atoms with Crippen LogP contribution in [0.3, 0.4) is 0 Å². The zero-order valence-electron chi connectivity index (χ0n) is 12.1. The van der Waals surface area contributed by atoms with Crippen molar-refractivity contribution in [2.24, 2.45) is 0 Å². The van der Waals surface area contributed by atoms with Gasteiger partial charge in [0.05, 0.1) is 7.11 Å². The van der Waals surface area contributed by atoms with Crippen LogP contribution in [0.1, 0.15) is 18.4 Å². The van der Waals surface area contributed by atoms with Crippen molar-refractivity contribution < 1.29 is 9.47 Å². The highest BCUT2D eigenvalue weighted by atomic mass is 16.5. The van der Waals surface area contributed by atoms with Crippen molar-refractivity contribution in [2.45, 2.75) is 25.4 Å². The number of rotatable bonds is 8. The third-order valence-electron chi connectivity index (χ3n) is 3.23. The molecule has 0 unspecified atom stereocenters. The van der Waals surface area contributed by atoms with Crippen LogP contribution in [-0.2, 0) is 6.54 Å². The Labute approximate surface area is 115 Å². The van der Waals surface area contributed by atoms with Gasteiger partial charge in [-0.3, -0.25) is 0 Å². The minimum Gasteiger partial charge on any atom is -0.497 e. The topological polar surface area (TPSA) is 33.7 Å². The van der Waals surface area contributed by atoms with Gasteiger partial charge in [-0.05, 0) is 33.0 Å². The molecule has 0 radical (unpaired) electrons. The Bertz CT molecular complexity index is 403. The second-order valence-electron chi connectivity index (χ2n) is 5.28. The summed E-state index contributed by atoms with van der Waals surface area (Å²) in [6.07, 6.45) is 2.60. The van der Waals surface area contributed by atoms with E-state index in [1.54, 1.807) is 7.11 Å². The van der Waals surface area contributed by atoms with Gasteiger partial charge in [-0.2, -0.15) is 0 Å². The molecule has 0 aromatic heterocycles. The summed E-state index contributed by atoms with van der Waals surface area (Å²) in [4.78, 5) is 2.11. The molecule has 2 rings (SSSR count). The van der Waals surface area contributed by atoms with E-state index in [0.29, 0.717) is 12.6 Å². The molecule has 1 aliphatic carbocycles. The van der Waals surface area contributed by atoms with Crippen LogP contribution in [0.15, 0.2) is 18.2 Å². The molecule has 0 saturated heterocycles. The molecule has 0 spiro atoms. The minimum absolute atomic E-state index is 0.691. The summed E-state index contributed by atoms with van der Waals surface area (Å²) < 4.78 is 11.1. The van der Waals surface area contributed by atoms with E-state index in [2.05, 4.69) is 16.3 Å². The maximum Gasteiger partial charge on any atom is 0.127 e. The largest absolute Gasteiger partial charge is 0.497 e. The molecule has 1 aliphatic rings. The average molecular weight is 264 g/mol. The first-order valence-corrected chi connectivity index (χ1v) is 6.87. The normalized spacial score (nSPS) is 14.7. The van der Waals surface area contributed by atoms with Crippen LogP contribution in [-0.4, -0.2) is 45.3 Å². The van der Waals surface area contributed by atoms with Gasteiger partial charge >= 0.3 is 0 Å². The Kier molecular flexibility index (Phi) is 5.05. The van der Waals surface area contributed by atoms with E-state index in [1.807, 2.05) is 26.2 Å². The van der Waals surface area contributed by atoms with Gasteiger partial charge in [0.25, 0.3) is 0 Å². The number of methoxy groups -OCH3 is 1. The van der Waals surface area contributed by atoms with E-state index < -0.39 is 0 Å². The van der Waals surface area contributed by atoms with E-state index in [4.69, 9.17) is 9.47 Å². The highest BCUT2D eigenvalue weighted by molar-refractivity contribution is 5.40. The fourth-order valence-electron chi connectivity index (χ4n) is 1.82. The molecular formula is C15H24N2O2. The summed E-state index contributed by atoms with van der Waals surface area (Å²) in [5.41, 5.74) is 1.20. The van der Waals surface area contributed by atoms with Crippen molar-refractivity contribution in [1.29, 1.82) is 0 Å². The Morgan fingerprint density at radius 2 is 2.11 bits per heavy atom. The summed E-state index contributed by atoms with van der Waals surface area (Å²) in [5, 5.41) is 3.52. The molecule has 1 fully saturated rings. The number of hydrogen-bond donors (Lipinski definition) is 1. The van der Waals surface area contributed by atoms with Gasteiger partial charge in [0.15, 0.2) is 0 Å². The molecule has 4 nitrogen and oxygen atoms in total. The summed E-state index contributed by atoms with van der Waals surface area (Å²) in [6, 6.07) is 6.75. The summed E-state index contributed by atoms with van der Waals surface area (Å²) >= 11 is 0. The lowest BCUT2D eigenvalue weighted by Gasteiger charge is -2.15. The van der Waals surface area contributed by atoms with Crippen LogP contribution in [0.25, 0.3) is 0 Å². The average Bonchev–Trinajstić information content (AvgIpc) is 3.20. The molecule has 1 N–H and O–H groups in total. The van der Waals surface area contributed by atoms with Crippen LogP contribution in [0.4, 0.5) is 0 Å². The van der Waals surface area contributed by atoms with Crippen molar-refractivity contribution in [1.82, 2.24) is 10.2 Å². The van der Waals surface area contributed by atoms with E-state index >= 15 is 0 Å². The second kappa shape index (κ2) is 6.78. The molecule has 0 amide bonds. The first kappa shape index (κ1) is 14.2. The van der Waals surface area contributed by atoms with Gasteiger partial charge in [0, 0.05) is 30.8 Å². The van der Waals surface area contributed by atoms with Crippen LogP contribution in [0.5, 0.6) is 11.5 Å².